The van der Waals surface area contributed by atoms with Gasteiger partial charge in [-0.05, 0) is 41.8 Å². The number of hydrogen-bond acceptors (Lipinski definition) is 3. The molecular weight excluding hydrogens is 326 g/mol. The Hall–Kier alpha value is -2.59. The molecule has 0 saturated carbocycles. The minimum atomic E-state index is -0.503. The van der Waals surface area contributed by atoms with Crippen molar-refractivity contribution in [3.05, 3.63) is 64.7 Å². The van der Waals surface area contributed by atoms with Crippen molar-refractivity contribution in [2.75, 3.05) is 12.0 Å². The molecule has 0 radical (unpaired) electrons. The summed E-state index contributed by atoms with van der Waals surface area (Å²) in [6.07, 6.45) is 0.887. The summed E-state index contributed by atoms with van der Waals surface area (Å²) < 4.78 is 5.11. The number of rotatable bonds is 4. The lowest BCUT2D eigenvalue weighted by atomic mass is 10.1. The SMILES string of the molecule is CCc1ccc(N2C(=O)C(Cl)=C(c3ccc(OC)cc3)C2=O)cc1. The molecule has 2 aromatic carbocycles. The van der Waals surface area contributed by atoms with E-state index in [0.29, 0.717) is 17.0 Å². The molecule has 4 nitrogen and oxygen atoms in total. The number of ether oxygens (including phenoxy) is 1. The van der Waals surface area contributed by atoms with Crippen LogP contribution in [-0.4, -0.2) is 18.9 Å². The largest absolute Gasteiger partial charge is 0.497 e. The Bertz CT molecular complexity index is 823. The molecule has 0 aromatic heterocycles. The van der Waals surface area contributed by atoms with Crippen LogP contribution in [0.15, 0.2) is 53.6 Å². The fraction of sp³-hybridized carbons (Fsp3) is 0.158. The lowest BCUT2D eigenvalue weighted by Gasteiger charge is -2.15. The maximum Gasteiger partial charge on any atom is 0.277 e. The fourth-order valence-corrected chi connectivity index (χ4v) is 2.90. The van der Waals surface area contributed by atoms with Crippen LogP contribution in [0.1, 0.15) is 18.1 Å². The van der Waals surface area contributed by atoms with Gasteiger partial charge in [0.15, 0.2) is 0 Å². The monoisotopic (exact) mass is 341 g/mol. The standard InChI is InChI=1S/C19H16ClNO3/c1-3-12-4-8-14(9-5-12)21-18(22)16(17(20)19(21)23)13-6-10-15(24-2)11-7-13/h4-11H,3H2,1-2H3. The molecule has 0 atom stereocenters. The Morgan fingerprint density at radius 3 is 2.12 bits per heavy atom. The molecule has 5 heteroatoms. The number of imide groups is 1. The Kier molecular flexibility index (Phi) is 4.40. The van der Waals surface area contributed by atoms with E-state index >= 15 is 0 Å². The van der Waals surface area contributed by atoms with Gasteiger partial charge < -0.3 is 4.74 Å². The predicted molar refractivity (Wildman–Crippen MR) is 94.1 cm³/mol. The second kappa shape index (κ2) is 6.49. The predicted octanol–water partition coefficient (Wildman–Crippen LogP) is 3.78. The molecule has 24 heavy (non-hydrogen) atoms. The molecule has 2 amide bonds. The molecule has 0 fully saturated rings. The number of carbonyl (C=O) groups excluding carboxylic acids is 2. The minimum absolute atomic E-state index is 0.0651. The van der Waals surface area contributed by atoms with Gasteiger partial charge in [-0.3, -0.25) is 9.59 Å². The third-order valence-electron chi connectivity index (χ3n) is 4.01. The van der Waals surface area contributed by atoms with Crippen LogP contribution in [0.5, 0.6) is 5.75 Å². The van der Waals surface area contributed by atoms with Crippen LogP contribution in [0.4, 0.5) is 5.69 Å². The van der Waals surface area contributed by atoms with Crippen LogP contribution in [0.25, 0.3) is 5.57 Å². The van der Waals surface area contributed by atoms with E-state index < -0.39 is 11.8 Å². The molecule has 0 saturated heterocycles. The summed E-state index contributed by atoms with van der Waals surface area (Å²) in [6, 6.07) is 14.2. The molecule has 2 aromatic rings. The van der Waals surface area contributed by atoms with Crippen molar-refractivity contribution >= 4 is 34.7 Å². The third kappa shape index (κ3) is 2.69. The summed E-state index contributed by atoms with van der Waals surface area (Å²) in [5.41, 5.74) is 2.45. The van der Waals surface area contributed by atoms with Crippen LogP contribution < -0.4 is 9.64 Å². The van der Waals surface area contributed by atoms with E-state index in [1.165, 1.54) is 0 Å². The quantitative estimate of drug-likeness (QED) is 0.795. The topological polar surface area (TPSA) is 46.6 Å². The fourth-order valence-electron chi connectivity index (χ4n) is 2.63. The number of aryl methyl sites for hydroxylation is 1. The van der Waals surface area contributed by atoms with Crippen LogP contribution >= 0.6 is 11.6 Å². The molecule has 1 aliphatic heterocycles. The van der Waals surface area contributed by atoms with Crippen molar-refractivity contribution in [3.63, 3.8) is 0 Å². The molecule has 0 unspecified atom stereocenters. The highest BCUT2D eigenvalue weighted by molar-refractivity contribution is 6.60. The van der Waals surface area contributed by atoms with Crippen molar-refractivity contribution in [3.8, 4) is 5.75 Å². The van der Waals surface area contributed by atoms with Crippen LogP contribution in [0, 0.1) is 0 Å². The zero-order valence-corrected chi connectivity index (χ0v) is 14.1. The van der Waals surface area contributed by atoms with Gasteiger partial charge >= 0.3 is 0 Å². The first-order valence-corrected chi connectivity index (χ1v) is 7.96. The number of amides is 2. The minimum Gasteiger partial charge on any atom is -0.497 e. The Labute approximate surface area is 145 Å². The first-order chi connectivity index (χ1) is 11.6. The van der Waals surface area contributed by atoms with E-state index in [4.69, 9.17) is 16.3 Å². The highest BCUT2D eigenvalue weighted by Gasteiger charge is 2.39. The maximum atomic E-state index is 12.8. The third-order valence-corrected chi connectivity index (χ3v) is 4.36. The van der Waals surface area contributed by atoms with Crippen molar-refractivity contribution < 1.29 is 14.3 Å². The summed E-state index contributed by atoms with van der Waals surface area (Å²) in [7, 11) is 1.56. The van der Waals surface area contributed by atoms with E-state index in [1.54, 1.807) is 43.5 Å². The van der Waals surface area contributed by atoms with E-state index in [0.717, 1.165) is 16.9 Å². The van der Waals surface area contributed by atoms with Crippen molar-refractivity contribution in [1.29, 1.82) is 0 Å². The summed E-state index contributed by atoms with van der Waals surface area (Å²) in [5, 5.41) is -0.0651. The number of nitrogens with zero attached hydrogens (tertiary/aromatic N) is 1. The van der Waals surface area contributed by atoms with E-state index in [1.807, 2.05) is 19.1 Å². The van der Waals surface area contributed by atoms with Gasteiger partial charge in [-0.25, -0.2) is 4.90 Å². The average molecular weight is 342 g/mol. The molecule has 1 heterocycles. The van der Waals surface area contributed by atoms with E-state index in [9.17, 15) is 9.59 Å². The van der Waals surface area contributed by atoms with Crippen LogP contribution in [0.2, 0.25) is 0 Å². The normalized spacial score (nSPS) is 14.5. The molecular formula is C19H16ClNO3. The van der Waals surface area contributed by atoms with Crippen molar-refractivity contribution in [1.82, 2.24) is 0 Å². The molecule has 1 aliphatic rings. The van der Waals surface area contributed by atoms with Gasteiger partial charge in [-0.2, -0.15) is 0 Å². The van der Waals surface area contributed by atoms with E-state index in [-0.39, 0.29) is 10.6 Å². The number of carbonyl (C=O) groups is 2. The van der Waals surface area contributed by atoms with Crippen molar-refractivity contribution in [2.45, 2.75) is 13.3 Å². The Morgan fingerprint density at radius 1 is 0.958 bits per heavy atom. The maximum absolute atomic E-state index is 12.8. The van der Waals surface area contributed by atoms with Gasteiger partial charge in [0, 0.05) is 0 Å². The van der Waals surface area contributed by atoms with Gasteiger partial charge in [-0.15, -0.1) is 0 Å². The van der Waals surface area contributed by atoms with Crippen LogP contribution in [-0.2, 0) is 16.0 Å². The molecule has 0 bridgehead atoms. The highest BCUT2D eigenvalue weighted by atomic mass is 35.5. The second-order valence-corrected chi connectivity index (χ2v) is 5.76. The summed E-state index contributed by atoms with van der Waals surface area (Å²) >= 11 is 6.17. The van der Waals surface area contributed by atoms with Crippen LogP contribution in [0.3, 0.4) is 0 Å². The average Bonchev–Trinajstić information content (AvgIpc) is 2.84. The summed E-state index contributed by atoms with van der Waals surface area (Å²) in [4.78, 5) is 26.3. The van der Waals surface area contributed by atoms with Gasteiger partial charge in [0.05, 0.1) is 18.4 Å². The highest BCUT2D eigenvalue weighted by Crippen LogP contribution is 2.35. The summed E-state index contributed by atoms with van der Waals surface area (Å²) in [5.74, 6) is -0.254. The number of hydrogen-bond donors (Lipinski definition) is 0. The zero-order valence-electron chi connectivity index (χ0n) is 13.4. The lowest BCUT2D eigenvalue weighted by molar-refractivity contribution is -0.119. The molecule has 0 N–H and O–H groups in total. The van der Waals surface area contributed by atoms with Gasteiger partial charge in [0.25, 0.3) is 11.8 Å². The molecule has 0 spiro atoms. The molecule has 122 valence electrons. The number of anilines is 1. The smallest absolute Gasteiger partial charge is 0.277 e. The first kappa shape index (κ1) is 16.3. The zero-order chi connectivity index (χ0) is 17.3. The number of halogens is 1. The number of benzene rings is 2. The number of methoxy groups -OCH3 is 1. The Balaban J connectivity index is 1.97. The molecule has 3 rings (SSSR count). The van der Waals surface area contributed by atoms with E-state index in [2.05, 4.69) is 0 Å². The first-order valence-electron chi connectivity index (χ1n) is 7.58. The van der Waals surface area contributed by atoms with Gasteiger partial charge in [0.1, 0.15) is 10.8 Å². The Morgan fingerprint density at radius 2 is 1.58 bits per heavy atom. The van der Waals surface area contributed by atoms with Gasteiger partial charge in [0.2, 0.25) is 0 Å². The van der Waals surface area contributed by atoms with Gasteiger partial charge in [-0.1, -0.05) is 42.8 Å². The lowest BCUT2D eigenvalue weighted by Crippen LogP contribution is -2.31. The molecule has 0 aliphatic carbocycles. The van der Waals surface area contributed by atoms with Crippen molar-refractivity contribution in [2.24, 2.45) is 0 Å². The second-order valence-electron chi connectivity index (χ2n) is 5.38. The summed E-state index contributed by atoms with van der Waals surface area (Å²) in [6.45, 7) is 2.04.